The van der Waals surface area contributed by atoms with Crippen molar-refractivity contribution in [1.82, 2.24) is 14.7 Å². The summed E-state index contributed by atoms with van der Waals surface area (Å²) < 4.78 is 2.10. The first-order valence-electron chi connectivity index (χ1n) is 10.1. The summed E-state index contributed by atoms with van der Waals surface area (Å²) in [6.07, 6.45) is 8.68. The van der Waals surface area contributed by atoms with Crippen molar-refractivity contribution in [2.45, 2.75) is 51.9 Å². The number of halogens is 1. The molecule has 0 saturated carbocycles. The van der Waals surface area contributed by atoms with E-state index in [0.717, 1.165) is 36.6 Å². The number of aromatic nitrogens is 2. The molecule has 1 saturated heterocycles. The van der Waals surface area contributed by atoms with Gasteiger partial charge in [0, 0.05) is 30.1 Å². The highest BCUT2D eigenvalue weighted by Crippen LogP contribution is 2.30. The second kappa shape index (κ2) is 8.01. The van der Waals surface area contributed by atoms with E-state index >= 15 is 0 Å². The molecule has 0 radical (unpaired) electrons. The summed E-state index contributed by atoms with van der Waals surface area (Å²) in [6.45, 7) is 6.76. The minimum atomic E-state index is 0.762. The number of nitrogens with zero attached hydrogens (tertiary/aromatic N) is 3. The zero-order chi connectivity index (χ0) is 17.9. The topological polar surface area (TPSA) is 33.1 Å². The smallest absolute Gasteiger partial charge is 0.133 e. The maximum absolute atomic E-state index is 6.28. The van der Waals surface area contributed by atoms with Gasteiger partial charge in [0.25, 0.3) is 0 Å². The van der Waals surface area contributed by atoms with Crippen molar-refractivity contribution in [2.24, 2.45) is 0 Å². The highest BCUT2D eigenvalue weighted by atomic mass is 35.5. The van der Waals surface area contributed by atoms with Gasteiger partial charge in [0.05, 0.1) is 11.4 Å². The average molecular weight is 373 g/mol. The van der Waals surface area contributed by atoms with E-state index in [-0.39, 0.29) is 0 Å². The molecule has 0 aliphatic carbocycles. The van der Waals surface area contributed by atoms with Crippen LogP contribution in [0, 0.1) is 6.92 Å². The molecule has 26 heavy (non-hydrogen) atoms. The Hall–Kier alpha value is -1.52. The molecule has 0 atom stereocenters. The van der Waals surface area contributed by atoms with E-state index in [2.05, 4.69) is 27.9 Å². The second-order valence-electron chi connectivity index (χ2n) is 7.65. The van der Waals surface area contributed by atoms with Gasteiger partial charge in [-0.15, -0.1) is 0 Å². The van der Waals surface area contributed by atoms with E-state index in [0.29, 0.717) is 0 Å². The van der Waals surface area contributed by atoms with Gasteiger partial charge in [-0.3, -0.25) is 0 Å². The van der Waals surface area contributed by atoms with Crippen molar-refractivity contribution in [3.05, 3.63) is 40.0 Å². The Labute approximate surface area is 161 Å². The van der Waals surface area contributed by atoms with Crippen LogP contribution >= 0.6 is 11.6 Å². The van der Waals surface area contributed by atoms with Gasteiger partial charge in [0.1, 0.15) is 5.82 Å². The van der Waals surface area contributed by atoms with E-state index in [1.807, 2.05) is 12.1 Å². The molecule has 140 valence electrons. The van der Waals surface area contributed by atoms with Crippen LogP contribution in [-0.4, -0.2) is 40.9 Å². The van der Waals surface area contributed by atoms with Crippen molar-refractivity contribution in [3.63, 3.8) is 0 Å². The normalized spacial score (nSPS) is 18.2. The van der Waals surface area contributed by atoms with Crippen molar-refractivity contribution < 1.29 is 0 Å². The van der Waals surface area contributed by atoms with Crippen LogP contribution in [0.15, 0.2) is 18.2 Å². The van der Waals surface area contributed by atoms with Crippen LogP contribution in [0.2, 0.25) is 5.02 Å². The molecular formula is C21H29ClN4. The largest absolute Gasteiger partial charge is 0.370 e. The zero-order valence-corrected chi connectivity index (χ0v) is 16.5. The van der Waals surface area contributed by atoms with Gasteiger partial charge in [0.15, 0.2) is 0 Å². The SMILES string of the molecule is Cc1ccc(Cl)cc1-n1nc(CCN2CCCCC2)c2c1NCCCC2. The molecule has 2 aromatic rings. The van der Waals surface area contributed by atoms with Crippen LogP contribution in [0.3, 0.4) is 0 Å². The summed E-state index contributed by atoms with van der Waals surface area (Å²) in [5, 5.41) is 9.46. The summed E-state index contributed by atoms with van der Waals surface area (Å²) in [7, 11) is 0. The highest BCUT2D eigenvalue weighted by molar-refractivity contribution is 6.30. The Kier molecular flexibility index (Phi) is 5.51. The second-order valence-corrected chi connectivity index (χ2v) is 8.09. The average Bonchev–Trinajstić information content (AvgIpc) is 2.83. The molecule has 3 heterocycles. The molecule has 5 heteroatoms. The Morgan fingerprint density at radius 1 is 1.12 bits per heavy atom. The third kappa shape index (κ3) is 3.77. The molecule has 4 nitrogen and oxygen atoms in total. The van der Waals surface area contributed by atoms with Crippen molar-refractivity contribution in [2.75, 3.05) is 31.5 Å². The number of fused-ring (bicyclic) bond motifs is 1. The van der Waals surface area contributed by atoms with Gasteiger partial charge < -0.3 is 10.2 Å². The third-order valence-electron chi connectivity index (χ3n) is 5.73. The van der Waals surface area contributed by atoms with Crippen LogP contribution in [-0.2, 0) is 12.8 Å². The van der Waals surface area contributed by atoms with E-state index in [1.54, 1.807) is 0 Å². The Balaban J connectivity index is 1.66. The maximum Gasteiger partial charge on any atom is 0.133 e. The molecule has 4 rings (SSSR count). The summed E-state index contributed by atoms with van der Waals surface area (Å²) in [4.78, 5) is 2.60. The van der Waals surface area contributed by atoms with Gasteiger partial charge in [-0.2, -0.15) is 5.10 Å². The fourth-order valence-corrected chi connectivity index (χ4v) is 4.37. The molecule has 0 unspecified atom stereocenters. The molecule has 1 N–H and O–H groups in total. The van der Waals surface area contributed by atoms with E-state index in [1.165, 1.54) is 67.8 Å². The Bertz CT molecular complexity index is 762. The van der Waals surface area contributed by atoms with Crippen LogP contribution in [0.5, 0.6) is 0 Å². The third-order valence-corrected chi connectivity index (χ3v) is 5.96. The van der Waals surface area contributed by atoms with Crippen LogP contribution < -0.4 is 5.32 Å². The number of hydrogen-bond acceptors (Lipinski definition) is 3. The number of nitrogens with one attached hydrogen (secondary N) is 1. The molecule has 0 spiro atoms. The Morgan fingerprint density at radius 3 is 2.81 bits per heavy atom. The number of rotatable bonds is 4. The van der Waals surface area contributed by atoms with E-state index in [9.17, 15) is 0 Å². The monoisotopic (exact) mass is 372 g/mol. The van der Waals surface area contributed by atoms with Gasteiger partial charge in [0.2, 0.25) is 0 Å². The molecule has 2 aliphatic rings. The zero-order valence-electron chi connectivity index (χ0n) is 15.7. The first-order valence-corrected chi connectivity index (χ1v) is 10.4. The predicted octanol–water partition coefficient (Wildman–Crippen LogP) is 4.61. The number of hydrogen-bond donors (Lipinski definition) is 1. The number of likely N-dealkylation sites (tertiary alicyclic amines) is 1. The summed E-state index contributed by atoms with van der Waals surface area (Å²) in [6, 6.07) is 6.06. The molecule has 1 fully saturated rings. The quantitative estimate of drug-likeness (QED) is 0.850. The highest BCUT2D eigenvalue weighted by Gasteiger charge is 2.22. The fourth-order valence-electron chi connectivity index (χ4n) is 4.21. The molecule has 0 amide bonds. The molecule has 1 aromatic carbocycles. The molecule has 2 aliphatic heterocycles. The molecule has 0 bridgehead atoms. The van der Waals surface area contributed by atoms with E-state index < -0.39 is 0 Å². The lowest BCUT2D eigenvalue weighted by Gasteiger charge is -2.26. The fraction of sp³-hybridized carbons (Fsp3) is 0.571. The van der Waals surface area contributed by atoms with Gasteiger partial charge in [-0.1, -0.05) is 24.1 Å². The lowest BCUT2D eigenvalue weighted by atomic mass is 10.1. The summed E-state index contributed by atoms with van der Waals surface area (Å²) in [5.41, 5.74) is 4.97. The van der Waals surface area contributed by atoms with E-state index in [4.69, 9.17) is 16.7 Å². The van der Waals surface area contributed by atoms with Crippen LogP contribution in [0.1, 0.15) is 48.9 Å². The van der Waals surface area contributed by atoms with Crippen molar-refractivity contribution in [1.29, 1.82) is 0 Å². The van der Waals surface area contributed by atoms with Gasteiger partial charge in [-0.25, -0.2) is 4.68 Å². The Morgan fingerprint density at radius 2 is 1.96 bits per heavy atom. The standard InChI is InChI=1S/C21H29ClN4/c1-16-8-9-17(22)15-20(16)26-21-18(7-3-4-11-23-21)19(24-26)10-14-25-12-5-2-6-13-25/h8-9,15,23H,2-7,10-14H2,1H3. The molecule has 1 aromatic heterocycles. The van der Waals surface area contributed by atoms with Crippen molar-refractivity contribution in [3.8, 4) is 5.69 Å². The predicted molar refractivity (Wildman–Crippen MR) is 109 cm³/mol. The minimum absolute atomic E-state index is 0.762. The summed E-state index contributed by atoms with van der Waals surface area (Å²) >= 11 is 6.28. The lowest BCUT2D eigenvalue weighted by Crippen LogP contribution is -2.31. The van der Waals surface area contributed by atoms with Crippen molar-refractivity contribution >= 4 is 17.4 Å². The minimum Gasteiger partial charge on any atom is -0.370 e. The summed E-state index contributed by atoms with van der Waals surface area (Å²) in [5.74, 6) is 1.18. The van der Waals surface area contributed by atoms with Crippen LogP contribution in [0.4, 0.5) is 5.82 Å². The first-order chi connectivity index (χ1) is 12.7. The lowest BCUT2D eigenvalue weighted by molar-refractivity contribution is 0.230. The number of piperidine rings is 1. The molecular weight excluding hydrogens is 344 g/mol. The van der Waals surface area contributed by atoms with Gasteiger partial charge >= 0.3 is 0 Å². The first kappa shape index (κ1) is 17.9. The van der Waals surface area contributed by atoms with Crippen LogP contribution in [0.25, 0.3) is 5.69 Å². The maximum atomic E-state index is 6.28. The number of anilines is 1. The number of aryl methyl sites for hydroxylation is 1. The van der Waals surface area contributed by atoms with Gasteiger partial charge in [-0.05, 0) is 69.8 Å². The number of benzene rings is 1.